The van der Waals surface area contributed by atoms with Gasteiger partial charge < -0.3 is 16.0 Å². The lowest BCUT2D eigenvalue weighted by atomic mass is 10.1. The lowest BCUT2D eigenvalue weighted by Crippen LogP contribution is -2.23. The molecule has 1 amide bonds. The lowest BCUT2D eigenvalue weighted by Gasteiger charge is -2.15. The van der Waals surface area contributed by atoms with Gasteiger partial charge in [0.1, 0.15) is 0 Å². The molecule has 2 rings (SSSR count). The van der Waals surface area contributed by atoms with Gasteiger partial charge in [-0.05, 0) is 24.3 Å². The molecule has 0 aliphatic rings. The van der Waals surface area contributed by atoms with Gasteiger partial charge in [0.15, 0.2) is 0 Å². The predicted molar refractivity (Wildman–Crippen MR) is 84.3 cm³/mol. The minimum Gasteiger partial charge on any atom is -0.399 e. The van der Waals surface area contributed by atoms with Crippen LogP contribution in [-0.2, 0) is 13.5 Å². The quantitative estimate of drug-likeness (QED) is 0.814. The van der Waals surface area contributed by atoms with Crippen LogP contribution in [0.3, 0.4) is 0 Å². The third-order valence-corrected chi connectivity index (χ3v) is 3.15. The topological polar surface area (TPSA) is 76.2 Å². The lowest BCUT2D eigenvalue weighted by molar-refractivity contribution is 0.0828. The highest BCUT2D eigenvalue weighted by Gasteiger charge is 2.13. The van der Waals surface area contributed by atoms with E-state index in [1.807, 2.05) is 19.3 Å². The SMILES string of the molecule is CN(C)C(=O)c1ccc(N)cc1NCCc1ccn(C)n1. The van der Waals surface area contributed by atoms with E-state index in [-0.39, 0.29) is 5.91 Å². The van der Waals surface area contributed by atoms with Crippen LogP contribution in [0.4, 0.5) is 11.4 Å². The number of carbonyl (C=O) groups is 1. The van der Waals surface area contributed by atoms with E-state index < -0.39 is 0 Å². The van der Waals surface area contributed by atoms with Crippen molar-refractivity contribution in [3.05, 3.63) is 41.7 Å². The summed E-state index contributed by atoms with van der Waals surface area (Å²) in [6.07, 6.45) is 2.70. The molecule has 0 aliphatic heterocycles. The number of nitrogen functional groups attached to an aromatic ring is 1. The number of benzene rings is 1. The summed E-state index contributed by atoms with van der Waals surface area (Å²) in [5.74, 6) is -0.0460. The Morgan fingerprint density at radius 1 is 1.38 bits per heavy atom. The van der Waals surface area contributed by atoms with Crippen LogP contribution < -0.4 is 11.1 Å². The zero-order valence-electron chi connectivity index (χ0n) is 12.6. The first kappa shape index (κ1) is 14.9. The Kier molecular flexibility index (Phi) is 4.47. The number of hydrogen-bond donors (Lipinski definition) is 2. The number of anilines is 2. The van der Waals surface area contributed by atoms with Crippen molar-refractivity contribution in [3.8, 4) is 0 Å². The van der Waals surface area contributed by atoms with Crippen molar-refractivity contribution in [1.29, 1.82) is 0 Å². The molecule has 6 heteroatoms. The van der Waals surface area contributed by atoms with Gasteiger partial charge in [0.25, 0.3) is 5.91 Å². The smallest absolute Gasteiger partial charge is 0.255 e. The molecule has 3 N–H and O–H groups in total. The Hall–Kier alpha value is -2.50. The minimum atomic E-state index is -0.0460. The fourth-order valence-corrected chi connectivity index (χ4v) is 2.06. The summed E-state index contributed by atoms with van der Waals surface area (Å²) in [6.45, 7) is 0.689. The molecule has 1 heterocycles. The number of nitrogens with one attached hydrogen (secondary N) is 1. The van der Waals surface area contributed by atoms with E-state index in [9.17, 15) is 4.79 Å². The van der Waals surface area contributed by atoms with Crippen LogP contribution >= 0.6 is 0 Å². The molecule has 0 saturated carbocycles. The van der Waals surface area contributed by atoms with Crippen LogP contribution in [-0.4, -0.2) is 41.2 Å². The summed E-state index contributed by atoms with van der Waals surface area (Å²) in [4.78, 5) is 13.7. The Morgan fingerprint density at radius 3 is 2.76 bits per heavy atom. The second kappa shape index (κ2) is 6.30. The predicted octanol–water partition coefficient (Wildman–Crippen LogP) is 1.36. The summed E-state index contributed by atoms with van der Waals surface area (Å²) >= 11 is 0. The summed E-state index contributed by atoms with van der Waals surface area (Å²) in [5.41, 5.74) is 8.82. The molecule has 0 bridgehead atoms. The molecular weight excluding hydrogens is 266 g/mol. The summed E-state index contributed by atoms with van der Waals surface area (Å²) < 4.78 is 1.77. The van der Waals surface area contributed by atoms with E-state index in [0.717, 1.165) is 17.8 Å². The molecule has 0 saturated heterocycles. The van der Waals surface area contributed by atoms with Gasteiger partial charge in [-0.15, -0.1) is 0 Å². The zero-order chi connectivity index (χ0) is 15.4. The van der Waals surface area contributed by atoms with Crippen molar-refractivity contribution in [2.24, 2.45) is 7.05 Å². The van der Waals surface area contributed by atoms with Crippen molar-refractivity contribution < 1.29 is 4.79 Å². The van der Waals surface area contributed by atoms with Crippen LogP contribution in [0.2, 0.25) is 0 Å². The molecule has 0 aliphatic carbocycles. The van der Waals surface area contributed by atoms with Crippen LogP contribution in [0, 0.1) is 0 Å². The molecule has 0 spiro atoms. The number of rotatable bonds is 5. The summed E-state index contributed by atoms with van der Waals surface area (Å²) in [7, 11) is 5.36. The van der Waals surface area contributed by atoms with Gasteiger partial charge in [-0.25, -0.2) is 0 Å². The molecular formula is C15H21N5O. The van der Waals surface area contributed by atoms with Gasteiger partial charge in [-0.1, -0.05) is 0 Å². The summed E-state index contributed by atoms with van der Waals surface area (Å²) in [6, 6.07) is 7.25. The maximum Gasteiger partial charge on any atom is 0.255 e. The number of nitrogens with zero attached hydrogens (tertiary/aromatic N) is 3. The molecule has 1 aromatic carbocycles. The molecule has 6 nitrogen and oxygen atoms in total. The number of nitrogens with two attached hydrogens (primary N) is 1. The average Bonchev–Trinajstić information content (AvgIpc) is 2.84. The van der Waals surface area contributed by atoms with Crippen LogP contribution in [0.25, 0.3) is 0 Å². The highest BCUT2D eigenvalue weighted by molar-refractivity contribution is 5.99. The fraction of sp³-hybridized carbons (Fsp3) is 0.333. The monoisotopic (exact) mass is 287 g/mol. The second-order valence-electron chi connectivity index (χ2n) is 5.16. The highest BCUT2D eigenvalue weighted by atomic mass is 16.2. The van der Waals surface area contributed by atoms with Crippen molar-refractivity contribution in [2.45, 2.75) is 6.42 Å². The van der Waals surface area contributed by atoms with Crippen molar-refractivity contribution in [2.75, 3.05) is 31.7 Å². The standard InChI is InChI=1S/C15H21N5O/c1-19(2)15(21)13-5-4-11(16)10-14(13)17-8-6-12-7-9-20(3)18-12/h4-5,7,9-10,17H,6,8,16H2,1-3H3. The van der Waals surface area contributed by atoms with Crippen molar-refractivity contribution >= 4 is 17.3 Å². The minimum absolute atomic E-state index is 0.0460. The first-order valence-electron chi connectivity index (χ1n) is 6.81. The van der Waals surface area contributed by atoms with E-state index in [1.54, 1.807) is 41.9 Å². The van der Waals surface area contributed by atoms with Gasteiger partial charge in [-0.2, -0.15) is 5.10 Å². The van der Waals surface area contributed by atoms with Crippen molar-refractivity contribution in [3.63, 3.8) is 0 Å². The van der Waals surface area contributed by atoms with Crippen molar-refractivity contribution in [1.82, 2.24) is 14.7 Å². The fourth-order valence-electron chi connectivity index (χ4n) is 2.06. The third-order valence-electron chi connectivity index (χ3n) is 3.15. The van der Waals surface area contributed by atoms with Crippen LogP contribution in [0.5, 0.6) is 0 Å². The number of aromatic nitrogens is 2. The largest absolute Gasteiger partial charge is 0.399 e. The van der Waals surface area contributed by atoms with E-state index >= 15 is 0 Å². The molecule has 21 heavy (non-hydrogen) atoms. The molecule has 1 aromatic heterocycles. The molecule has 2 aromatic rings. The van der Waals surface area contributed by atoms with E-state index in [0.29, 0.717) is 17.8 Å². The number of aryl methyl sites for hydroxylation is 1. The van der Waals surface area contributed by atoms with Gasteiger partial charge in [0.05, 0.1) is 11.3 Å². The zero-order valence-corrected chi connectivity index (χ0v) is 12.6. The number of hydrogen-bond acceptors (Lipinski definition) is 4. The molecule has 112 valence electrons. The van der Waals surface area contributed by atoms with Gasteiger partial charge in [0, 0.05) is 51.7 Å². The van der Waals surface area contributed by atoms with Crippen LogP contribution in [0.1, 0.15) is 16.1 Å². The van der Waals surface area contributed by atoms with Crippen LogP contribution in [0.15, 0.2) is 30.5 Å². The highest BCUT2D eigenvalue weighted by Crippen LogP contribution is 2.20. The van der Waals surface area contributed by atoms with E-state index in [2.05, 4.69) is 10.4 Å². The first-order valence-corrected chi connectivity index (χ1v) is 6.81. The Morgan fingerprint density at radius 2 is 2.14 bits per heavy atom. The Balaban J connectivity index is 2.07. The molecule has 0 radical (unpaired) electrons. The number of carbonyl (C=O) groups excluding carboxylic acids is 1. The third kappa shape index (κ3) is 3.75. The maximum absolute atomic E-state index is 12.1. The maximum atomic E-state index is 12.1. The summed E-state index contributed by atoms with van der Waals surface area (Å²) in [5, 5.41) is 7.59. The van der Waals surface area contributed by atoms with Gasteiger partial charge in [-0.3, -0.25) is 9.48 Å². The molecule has 0 fully saturated rings. The van der Waals surface area contributed by atoms with E-state index in [4.69, 9.17) is 5.73 Å². The van der Waals surface area contributed by atoms with Gasteiger partial charge in [0.2, 0.25) is 0 Å². The van der Waals surface area contributed by atoms with E-state index in [1.165, 1.54) is 0 Å². The molecule has 0 atom stereocenters. The van der Waals surface area contributed by atoms with Gasteiger partial charge >= 0.3 is 0 Å². The Bertz CT molecular complexity index is 633. The average molecular weight is 287 g/mol. The normalized spacial score (nSPS) is 10.4. The first-order chi connectivity index (χ1) is 9.97. The number of amides is 1. The Labute approximate surface area is 124 Å². The second-order valence-corrected chi connectivity index (χ2v) is 5.16. The molecule has 0 unspecified atom stereocenters.